The van der Waals surface area contributed by atoms with E-state index in [-0.39, 0.29) is 19.1 Å². The lowest BCUT2D eigenvalue weighted by molar-refractivity contribution is -0.124. The zero-order valence-electron chi connectivity index (χ0n) is 13.0. The highest BCUT2D eigenvalue weighted by Crippen LogP contribution is 2.18. The van der Waals surface area contributed by atoms with Crippen molar-refractivity contribution in [2.75, 3.05) is 13.2 Å². The molecule has 1 atom stereocenters. The third-order valence-corrected chi connectivity index (χ3v) is 3.32. The van der Waals surface area contributed by atoms with E-state index in [2.05, 4.69) is 10.4 Å². The highest BCUT2D eigenvalue weighted by atomic mass is 16.5. The van der Waals surface area contributed by atoms with Gasteiger partial charge in [-0.1, -0.05) is 12.1 Å². The Bertz CT molecular complexity index is 650. The quantitative estimate of drug-likeness (QED) is 0.839. The van der Waals surface area contributed by atoms with Gasteiger partial charge in [0.25, 0.3) is 5.91 Å². The summed E-state index contributed by atoms with van der Waals surface area (Å²) in [6.07, 6.45) is 3.30. The van der Waals surface area contributed by atoms with Gasteiger partial charge in [0, 0.05) is 18.8 Å². The maximum absolute atomic E-state index is 11.8. The van der Waals surface area contributed by atoms with Crippen molar-refractivity contribution >= 4 is 5.91 Å². The minimum atomic E-state index is -1.17. The average molecular weight is 303 g/mol. The van der Waals surface area contributed by atoms with Crippen LogP contribution in [0.15, 0.2) is 36.7 Å². The second-order valence-corrected chi connectivity index (χ2v) is 5.56. The van der Waals surface area contributed by atoms with E-state index < -0.39 is 5.60 Å². The molecule has 2 rings (SSSR count). The Morgan fingerprint density at radius 1 is 1.50 bits per heavy atom. The van der Waals surface area contributed by atoms with Crippen molar-refractivity contribution in [1.29, 1.82) is 0 Å². The Balaban J connectivity index is 1.82. The summed E-state index contributed by atoms with van der Waals surface area (Å²) < 4.78 is 7.02. The smallest absolute Gasteiger partial charge is 0.258 e. The second-order valence-electron chi connectivity index (χ2n) is 5.56. The van der Waals surface area contributed by atoms with E-state index in [0.717, 1.165) is 5.56 Å². The number of amides is 1. The SMILES string of the molecule is Cc1cccc(OCC(=O)NCC(C)(O)c2cnn(C)c2)c1. The lowest BCUT2D eigenvalue weighted by atomic mass is 10.00. The summed E-state index contributed by atoms with van der Waals surface area (Å²) in [5.74, 6) is 0.361. The first kappa shape index (κ1) is 16.0. The van der Waals surface area contributed by atoms with Gasteiger partial charge in [0.2, 0.25) is 0 Å². The van der Waals surface area contributed by atoms with Crippen LogP contribution in [0.25, 0.3) is 0 Å². The molecule has 1 unspecified atom stereocenters. The molecule has 6 nitrogen and oxygen atoms in total. The lowest BCUT2D eigenvalue weighted by Gasteiger charge is -2.22. The number of carbonyl (C=O) groups is 1. The zero-order valence-corrected chi connectivity index (χ0v) is 13.0. The molecule has 0 spiro atoms. The first-order chi connectivity index (χ1) is 10.4. The molecule has 6 heteroatoms. The number of ether oxygens (including phenoxy) is 1. The Hall–Kier alpha value is -2.34. The molecule has 0 saturated carbocycles. The Morgan fingerprint density at radius 2 is 2.27 bits per heavy atom. The van der Waals surface area contributed by atoms with E-state index in [4.69, 9.17) is 4.74 Å². The topological polar surface area (TPSA) is 76.4 Å². The molecular formula is C16H21N3O3. The normalized spacial score (nSPS) is 13.5. The molecule has 22 heavy (non-hydrogen) atoms. The van der Waals surface area contributed by atoms with Crippen LogP contribution in [0.2, 0.25) is 0 Å². The van der Waals surface area contributed by atoms with Crippen molar-refractivity contribution in [1.82, 2.24) is 15.1 Å². The minimum Gasteiger partial charge on any atom is -0.484 e. The van der Waals surface area contributed by atoms with Gasteiger partial charge in [-0.3, -0.25) is 9.48 Å². The van der Waals surface area contributed by atoms with Crippen molar-refractivity contribution in [2.45, 2.75) is 19.4 Å². The molecule has 1 amide bonds. The molecule has 0 bridgehead atoms. The molecule has 0 radical (unpaired) electrons. The summed E-state index contributed by atoms with van der Waals surface area (Å²) in [4.78, 5) is 11.8. The highest BCUT2D eigenvalue weighted by Gasteiger charge is 2.25. The van der Waals surface area contributed by atoms with Crippen LogP contribution in [0.3, 0.4) is 0 Å². The first-order valence-electron chi connectivity index (χ1n) is 7.04. The molecule has 0 aliphatic heterocycles. The molecule has 0 aliphatic carbocycles. The van der Waals surface area contributed by atoms with E-state index in [1.807, 2.05) is 25.1 Å². The van der Waals surface area contributed by atoms with Crippen LogP contribution in [0, 0.1) is 6.92 Å². The van der Waals surface area contributed by atoms with Gasteiger partial charge in [-0.15, -0.1) is 0 Å². The Kier molecular flexibility index (Phi) is 4.82. The number of carbonyl (C=O) groups excluding carboxylic acids is 1. The number of aromatic nitrogens is 2. The number of hydrogen-bond donors (Lipinski definition) is 2. The van der Waals surface area contributed by atoms with Crippen molar-refractivity contribution in [3.8, 4) is 5.75 Å². The first-order valence-corrected chi connectivity index (χ1v) is 7.04. The average Bonchev–Trinajstić information content (AvgIpc) is 2.91. The minimum absolute atomic E-state index is 0.0907. The summed E-state index contributed by atoms with van der Waals surface area (Å²) in [5.41, 5.74) is 0.542. The summed E-state index contributed by atoms with van der Waals surface area (Å²) in [7, 11) is 1.77. The highest BCUT2D eigenvalue weighted by molar-refractivity contribution is 5.77. The van der Waals surface area contributed by atoms with Gasteiger partial charge >= 0.3 is 0 Å². The van der Waals surface area contributed by atoms with Gasteiger partial charge in [-0.25, -0.2) is 0 Å². The Morgan fingerprint density at radius 3 is 2.91 bits per heavy atom. The molecule has 1 aromatic carbocycles. The van der Waals surface area contributed by atoms with Crippen LogP contribution in [-0.4, -0.2) is 33.9 Å². The van der Waals surface area contributed by atoms with Gasteiger partial charge in [-0.2, -0.15) is 5.10 Å². The van der Waals surface area contributed by atoms with Crippen LogP contribution in [-0.2, 0) is 17.4 Å². The largest absolute Gasteiger partial charge is 0.484 e. The fourth-order valence-corrected chi connectivity index (χ4v) is 1.98. The fourth-order valence-electron chi connectivity index (χ4n) is 1.98. The predicted molar refractivity (Wildman–Crippen MR) is 82.5 cm³/mol. The van der Waals surface area contributed by atoms with E-state index >= 15 is 0 Å². The van der Waals surface area contributed by atoms with Crippen molar-refractivity contribution in [2.24, 2.45) is 7.05 Å². The molecular weight excluding hydrogens is 282 g/mol. The van der Waals surface area contributed by atoms with Gasteiger partial charge in [0.1, 0.15) is 11.4 Å². The van der Waals surface area contributed by atoms with Crippen molar-refractivity contribution in [3.05, 3.63) is 47.8 Å². The van der Waals surface area contributed by atoms with Gasteiger partial charge < -0.3 is 15.2 Å². The molecule has 1 heterocycles. The van der Waals surface area contributed by atoms with Crippen LogP contribution >= 0.6 is 0 Å². The van der Waals surface area contributed by atoms with Crippen LogP contribution in [0.4, 0.5) is 0 Å². The van der Waals surface area contributed by atoms with Crippen LogP contribution in [0.1, 0.15) is 18.1 Å². The second kappa shape index (κ2) is 6.62. The van der Waals surface area contributed by atoms with Gasteiger partial charge in [0.15, 0.2) is 6.61 Å². The summed E-state index contributed by atoms with van der Waals surface area (Å²) >= 11 is 0. The van der Waals surface area contributed by atoms with Gasteiger partial charge in [0.05, 0.1) is 12.7 Å². The molecule has 2 N–H and O–H groups in total. The molecule has 0 aliphatic rings. The lowest BCUT2D eigenvalue weighted by Crippen LogP contribution is -2.40. The predicted octanol–water partition coefficient (Wildman–Crippen LogP) is 1.13. The molecule has 2 aromatic rings. The van der Waals surface area contributed by atoms with E-state index in [1.54, 1.807) is 37.1 Å². The third-order valence-electron chi connectivity index (χ3n) is 3.32. The number of aryl methyl sites for hydroxylation is 2. The number of nitrogens with zero attached hydrogens (tertiary/aromatic N) is 2. The van der Waals surface area contributed by atoms with Crippen LogP contribution in [0.5, 0.6) is 5.75 Å². The fraction of sp³-hybridized carbons (Fsp3) is 0.375. The monoisotopic (exact) mass is 303 g/mol. The zero-order chi connectivity index (χ0) is 16.2. The van der Waals surface area contributed by atoms with E-state index in [0.29, 0.717) is 11.3 Å². The molecule has 118 valence electrons. The van der Waals surface area contributed by atoms with E-state index in [1.165, 1.54) is 0 Å². The Labute approximate surface area is 129 Å². The molecule has 1 aromatic heterocycles. The standard InChI is InChI=1S/C16H21N3O3/c1-12-5-4-6-14(7-12)22-10-15(20)17-11-16(2,21)13-8-18-19(3)9-13/h4-9,21H,10-11H2,1-3H3,(H,17,20). The number of hydrogen-bond acceptors (Lipinski definition) is 4. The van der Waals surface area contributed by atoms with E-state index in [9.17, 15) is 9.90 Å². The number of rotatable bonds is 6. The van der Waals surface area contributed by atoms with Crippen molar-refractivity contribution in [3.63, 3.8) is 0 Å². The maximum Gasteiger partial charge on any atom is 0.258 e. The summed E-state index contributed by atoms with van der Waals surface area (Å²) in [6, 6.07) is 7.49. The molecule has 0 fully saturated rings. The number of nitrogens with one attached hydrogen (secondary N) is 1. The number of aliphatic hydroxyl groups is 1. The maximum atomic E-state index is 11.8. The number of benzene rings is 1. The molecule has 0 saturated heterocycles. The van der Waals surface area contributed by atoms with Crippen molar-refractivity contribution < 1.29 is 14.6 Å². The summed E-state index contributed by atoms with van der Waals surface area (Å²) in [5, 5.41) is 17.0. The third kappa shape index (κ3) is 4.33. The summed E-state index contributed by atoms with van der Waals surface area (Å²) in [6.45, 7) is 3.59. The van der Waals surface area contributed by atoms with Crippen LogP contribution < -0.4 is 10.1 Å². The van der Waals surface area contributed by atoms with Gasteiger partial charge in [-0.05, 0) is 31.5 Å².